The molecule has 1 nitrogen and oxygen atoms in total. The average Bonchev–Trinajstić information content (AvgIpc) is 2.53. The van der Waals surface area contributed by atoms with Gasteiger partial charge >= 0.3 is 0 Å². The largest absolute Gasteiger partial charge is 0.300 e. The van der Waals surface area contributed by atoms with Crippen LogP contribution >= 0.6 is 0 Å². The minimum Gasteiger partial charge on any atom is -0.300 e. The molecular formula is C12H19F2N. The SMILES string of the molecule is CN=CC1C(F)CC2CC(C)CC2C1F. The number of hydrogen-bond acceptors (Lipinski definition) is 1. The van der Waals surface area contributed by atoms with Crippen molar-refractivity contribution in [2.24, 2.45) is 28.7 Å². The predicted octanol–water partition coefficient (Wildman–Crippen LogP) is 3.05. The van der Waals surface area contributed by atoms with Crippen molar-refractivity contribution in [1.29, 1.82) is 0 Å². The monoisotopic (exact) mass is 215 g/mol. The van der Waals surface area contributed by atoms with Crippen LogP contribution < -0.4 is 0 Å². The molecule has 6 unspecified atom stereocenters. The van der Waals surface area contributed by atoms with Crippen LogP contribution in [0.1, 0.15) is 26.2 Å². The zero-order chi connectivity index (χ0) is 11.0. The van der Waals surface area contributed by atoms with E-state index in [2.05, 4.69) is 11.9 Å². The number of hydrogen-bond donors (Lipinski definition) is 0. The topological polar surface area (TPSA) is 12.4 Å². The Kier molecular flexibility index (Phi) is 3.08. The van der Waals surface area contributed by atoms with Crippen molar-refractivity contribution in [3.05, 3.63) is 0 Å². The van der Waals surface area contributed by atoms with Crippen molar-refractivity contribution < 1.29 is 8.78 Å². The van der Waals surface area contributed by atoms with E-state index in [-0.39, 0.29) is 11.8 Å². The molecule has 0 heterocycles. The summed E-state index contributed by atoms with van der Waals surface area (Å²) in [6.45, 7) is 2.14. The third kappa shape index (κ3) is 1.93. The molecule has 86 valence electrons. The molecule has 3 heteroatoms. The second kappa shape index (κ2) is 4.18. The van der Waals surface area contributed by atoms with Crippen molar-refractivity contribution in [1.82, 2.24) is 0 Å². The van der Waals surface area contributed by atoms with Crippen molar-refractivity contribution in [2.75, 3.05) is 7.05 Å². The van der Waals surface area contributed by atoms with Crippen LogP contribution in [0.15, 0.2) is 4.99 Å². The molecule has 0 spiro atoms. The fourth-order valence-corrected chi connectivity index (χ4v) is 3.38. The Balaban J connectivity index is 2.13. The Hall–Kier alpha value is -0.470. The van der Waals surface area contributed by atoms with Gasteiger partial charge in [0.15, 0.2) is 0 Å². The molecule has 0 aliphatic heterocycles. The van der Waals surface area contributed by atoms with Gasteiger partial charge in [0.05, 0.1) is 5.92 Å². The highest BCUT2D eigenvalue weighted by Gasteiger charge is 2.48. The third-order valence-corrected chi connectivity index (χ3v) is 4.03. The first-order chi connectivity index (χ1) is 7.13. The van der Waals surface area contributed by atoms with Gasteiger partial charge in [-0.3, -0.25) is 0 Å². The fourth-order valence-electron chi connectivity index (χ4n) is 3.38. The van der Waals surface area contributed by atoms with Crippen LogP contribution in [0, 0.1) is 23.7 Å². The zero-order valence-electron chi connectivity index (χ0n) is 9.37. The van der Waals surface area contributed by atoms with E-state index in [0.717, 1.165) is 12.8 Å². The minimum absolute atomic E-state index is 0.0787. The minimum atomic E-state index is -1.03. The Labute approximate surface area is 90.0 Å². The van der Waals surface area contributed by atoms with Crippen molar-refractivity contribution in [3.63, 3.8) is 0 Å². The standard InChI is InChI=1S/C12H19F2N/c1-7-3-8-5-11(13)10(6-15-2)12(14)9(8)4-7/h6-12H,3-5H2,1-2H3. The molecule has 0 bridgehead atoms. The van der Waals surface area contributed by atoms with Gasteiger partial charge in [-0.15, -0.1) is 0 Å². The van der Waals surface area contributed by atoms with Gasteiger partial charge in [0.1, 0.15) is 12.3 Å². The number of rotatable bonds is 1. The number of nitrogens with zero attached hydrogens (tertiary/aromatic N) is 1. The maximum atomic E-state index is 14.1. The van der Waals surface area contributed by atoms with Crippen LogP contribution in [-0.4, -0.2) is 25.6 Å². The normalized spacial score (nSPS) is 50.9. The summed E-state index contributed by atoms with van der Waals surface area (Å²) in [6.07, 6.45) is 1.87. The first-order valence-electron chi connectivity index (χ1n) is 5.84. The summed E-state index contributed by atoms with van der Waals surface area (Å²) in [6, 6.07) is 0. The molecule has 0 N–H and O–H groups in total. The average molecular weight is 215 g/mol. The van der Waals surface area contributed by atoms with Gasteiger partial charge < -0.3 is 4.99 Å². The predicted molar refractivity (Wildman–Crippen MR) is 57.7 cm³/mol. The molecule has 2 rings (SSSR count). The Morgan fingerprint density at radius 3 is 2.60 bits per heavy atom. The van der Waals surface area contributed by atoms with Gasteiger partial charge in [0.25, 0.3) is 0 Å². The lowest BCUT2D eigenvalue weighted by Crippen LogP contribution is -2.41. The molecule has 6 atom stereocenters. The Morgan fingerprint density at radius 1 is 1.20 bits per heavy atom. The van der Waals surface area contributed by atoms with Crippen LogP contribution in [0.25, 0.3) is 0 Å². The molecule has 0 aromatic rings. The zero-order valence-corrected chi connectivity index (χ0v) is 9.37. The van der Waals surface area contributed by atoms with Crippen LogP contribution in [-0.2, 0) is 0 Å². The fraction of sp³-hybridized carbons (Fsp3) is 0.917. The first-order valence-corrected chi connectivity index (χ1v) is 5.84. The molecule has 15 heavy (non-hydrogen) atoms. The van der Waals surface area contributed by atoms with Gasteiger partial charge in [-0.25, -0.2) is 8.78 Å². The summed E-state index contributed by atoms with van der Waals surface area (Å²) in [7, 11) is 1.59. The van der Waals surface area contributed by atoms with Crippen LogP contribution in [0.2, 0.25) is 0 Å². The Bertz CT molecular complexity index is 254. The maximum absolute atomic E-state index is 14.1. The van der Waals surface area contributed by atoms with Crippen LogP contribution in [0.5, 0.6) is 0 Å². The van der Waals surface area contributed by atoms with E-state index in [1.54, 1.807) is 7.05 Å². The summed E-state index contributed by atoms with van der Waals surface area (Å²) in [4.78, 5) is 3.79. The lowest BCUT2D eigenvalue weighted by Gasteiger charge is -2.36. The third-order valence-electron chi connectivity index (χ3n) is 4.03. The molecule has 0 aromatic heterocycles. The van der Waals surface area contributed by atoms with E-state index < -0.39 is 18.3 Å². The van der Waals surface area contributed by atoms with E-state index in [9.17, 15) is 8.78 Å². The summed E-state index contributed by atoms with van der Waals surface area (Å²) in [5, 5.41) is 0. The molecule has 0 amide bonds. The lowest BCUT2D eigenvalue weighted by atomic mass is 9.74. The summed E-state index contributed by atoms with van der Waals surface area (Å²) >= 11 is 0. The smallest absolute Gasteiger partial charge is 0.114 e. The van der Waals surface area contributed by atoms with Gasteiger partial charge in [-0.2, -0.15) is 0 Å². The lowest BCUT2D eigenvalue weighted by molar-refractivity contribution is 0.0393. The van der Waals surface area contributed by atoms with Crippen molar-refractivity contribution in [3.8, 4) is 0 Å². The van der Waals surface area contributed by atoms with E-state index in [4.69, 9.17) is 0 Å². The number of halogens is 2. The van der Waals surface area contributed by atoms with Crippen molar-refractivity contribution in [2.45, 2.75) is 38.5 Å². The van der Waals surface area contributed by atoms with E-state index in [1.807, 2.05) is 0 Å². The summed E-state index contributed by atoms with van der Waals surface area (Å²) in [5.41, 5.74) is 0. The van der Waals surface area contributed by atoms with Gasteiger partial charge in [-0.05, 0) is 37.0 Å². The molecule has 2 saturated carbocycles. The second-order valence-electron chi connectivity index (χ2n) is 5.18. The van der Waals surface area contributed by atoms with Gasteiger partial charge in [0.2, 0.25) is 0 Å². The first kappa shape index (κ1) is 11.0. The van der Waals surface area contributed by atoms with E-state index in [1.165, 1.54) is 6.21 Å². The van der Waals surface area contributed by atoms with E-state index in [0.29, 0.717) is 12.3 Å². The van der Waals surface area contributed by atoms with E-state index >= 15 is 0 Å². The quantitative estimate of drug-likeness (QED) is 0.596. The molecule has 0 aromatic carbocycles. The highest BCUT2D eigenvalue weighted by Crippen LogP contribution is 2.48. The highest BCUT2D eigenvalue weighted by atomic mass is 19.1. The van der Waals surface area contributed by atoms with Crippen LogP contribution in [0.4, 0.5) is 8.78 Å². The summed E-state index contributed by atoms with van der Waals surface area (Å²) < 4.78 is 27.8. The molecule has 2 fully saturated rings. The summed E-state index contributed by atoms with van der Waals surface area (Å²) in [5.74, 6) is 0.311. The Morgan fingerprint density at radius 2 is 1.93 bits per heavy atom. The highest BCUT2D eigenvalue weighted by molar-refractivity contribution is 5.62. The molecular weight excluding hydrogens is 196 g/mol. The number of aliphatic imine (C=N–C) groups is 1. The van der Waals surface area contributed by atoms with Gasteiger partial charge in [0, 0.05) is 13.3 Å². The molecule has 0 saturated heterocycles. The number of fused-ring (bicyclic) bond motifs is 1. The maximum Gasteiger partial charge on any atom is 0.114 e. The van der Waals surface area contributed by atoms with Crippen LogP contribution in [0.3, 0.4) is 0 Å². The second-order valence-corrected chi connectivity index (χ2v) is 5.18. The molecule has 0 radical (unpaired) electrons. The molecule has 2 aliphatic carbocycles. The van der Waals surface area contributed by atoms with Gasteiger partial charge in [-0.1, -0.05) is 6.92 Å². The molecule has 2 aliphatic rings. The number of alkyl halides is 2. The van der Waals surface area contributed by atoms with Crippen molar-refractivity contribution >= 4 is 6.21 Å².